The molecule has 1 aliphatic rings. The van der Waals surface area contributed by atoms with Gasteiger partial charge in [-0.05, 0) is 63.6 Å². The van der Waals surface area contributed by atoms with E-state index in [0.717, 1.165) is 4.90 Å². The Morgan fingerprint density at radius 1 is 1.30 bits per heavy atom. The number of carbonyl (C=O) groups is 1. The Labute approximate surface area is 141 Å². The molecule has 1 aromatic rings. The molecule has 1 saturated heterocycles. The highest BCUT2D eigenvalue weighted by Gasteiger charge is 2.37. The molecule has 1 heterocycles. The zero-order chi connectivity index (χ0) is 17.3. The average Bonchev–Trinajstić information content (AvgIpc) is 2.45. The van der Waals surface area contributed by atoms with Gasteiger partial charge in [0.15, 0.2) is 0 Å². The lowest BCUT2D eigenvalue weighted by Crippen LogP contribution is -2.46. The number of thioether (sulfide) groups is 1. The molecule has 4 nitrogen and oxygen atoms in total. The molecule has 23 heavy (non-hydrogen) atoms. The third-order valence-corrected chi connectivity index (χ3v) is 4.59. The Bertz CT molecular complexity index is 578. The van der Waals surface area contributed by atoms with Crippen LogP contribution in [0.5, 0.6) is 0 Å². The Hall–Kier alpha value is -1.27. The highest BCUT2D eigenvalue weighted by Crippen LogP contribution is 2.35. The number of hydrogen-bond acceptors (Lipinski definition) is 4. The Kier molecular flexibility index (Phi) is 5.26. The lowest BCUT2D eigenvalue weighted by molar-refractivity contribution is -0.0359. The van der Waals surface area contributed by atoms with E-state index >= 15 is 0 Å². The maximum absolute atomic E-state index is 13.7. The van der Waals surface area contributed by atoms with Crippen molar-refractivity contribution in [1.82, 2.24) is 4.90 Å². The summed E-state index contributed by atoms with van der Waals surface area (Å²) in [4.78, 5) is 14.4. The van der Waals surface area contributed by atoms with Crippen LogP contribution in [0, 0.1) is 5.82 Å². The van der Waals surface area contributed by atoms with E-state index in [1.54, 1.807) is 4.90 Å². The molecule has 0 spiro atoms. The van der Waals surface area contributed by atoms with Crippen molar-refractivity contribution in [2.45, 2.75) is 49.7 Å². The molecule has 0 aliphatic carbocycles. The number of likely N-dealkylation sites (tertiary alicyclic amines) is 1. The Morgan fingerprint density at radius 3 is 2.43 bits per heavy atom. The van der Waals surface area contributed by atoms with E-state index in [1.807, 2.05) is 33.1 Å². The number of amides is 1. The van der Waals surface area contributed by atoms with Crippen LogP contribution in [0.25, 0.3) is 0 Å². The van der Waals surface area contributed by atoms with Crippen molar-refractivity contribution in [1.29, 1.82) is 0 Å². The standard InChI is InChI=1S/C17H24FNO3S/c1-16(2,3)22-15(20)19-7-5-17(21,6-8-19)12-9-13(18)11-14(10-12)23-4/h9-11,21H,5-8H2,1-4H3. The van der Waals surface area contributed by atoms with Crippen LogP contribution in [-0.2, 0) is 10.3 Å². The van der Waals surface area contributed by atoms with Crippen molar-refractivity contribution >= 4 is 17.9 Å². The van der Waals surface area contributed by atoms with Crippen LogP contribution in [0.2, 0.25) is 0 Å². The molecule has 1 aromatic carbocycles. The summed E-state index contributed by atoms with van der Waals surface area (Å²) in [6.45, 7) is 6.23. The van der Waals surface area contributed by atoms with E-state index < -0.39 is 11.2 Å². The molecule has 2 rings (SSSR count). The van der Waals surface area contributed by atoms with Crippen LogP contribution in [-0.4, -0.2) is 41.0 Å². The second-order valence-corrected chi connectivity index (χ2v) is 7.76. The molecule has 0 bridgehead atoms. The minimum absolute atomic E-state index is 0.352. The number of nitrogens with zero attached hydrogens (tertiary/aromatic N) is 1. The first-order valence-corrected chi connectivity index (χ1v) is 8.91. The number of carbonyl (C=O) groups excluding carboxylic acids is 1. The van der Waals surface area contributed by atoms with Crippen LogP contribution < -0.4 is 0 Å². The van der Waals surface area contributed by atoms with E-state index in [-0.39, 0.29) is 11.9 Å². The molecule has 1 fully saturated rings. The number of rotatable bonds is 2. The molecule has 0 unspecified atom stereocenters. The summed E-state index contributed by atoms with van der Waals surface area (Å²) in [5, 5.41) is 10.9. The molecular weight excluding hydrogens is 317 g/mol. The fourth-order valence-corrected chi connectivity index (χ4v) is 3.10. The molecular formula is C17H24FNO3S. The van der Waals surface area contributed by atoms with Crippen molar-refractivity contribution in [3.63, 3.8) is 0 Å². The van der Waals surface area contributed by atoms with Crippen molar-refractivity contribution in [3.8, 4) is 0 Å². The van der Waals surface area contributed by atoms with E-state index in [1.165, 1.54) is 23.9 Å². The van der Waals surface area contributed by atoms with Crippen LogP contribution in [0.1, 0.15) is 39.2 Å². The summed E-state index contributed by atoms with van der Waals surface area (Å²) in [7, 11) is 0. The van der Waals surface area contributed by atoms with Gasteiger partial charge in [0.25, 0.3) is 0 Å². The second-order valence-electron chi connectivity index (χ2n) is 6.88. The highest BCUT2D eigenvalue weighted by atomic mass is 32.2. The highest BCUT2D eigenvalue weighted by molar-refractivity contribution is 7.98. The van der Waals surface area contributed by atoms with E-state index in [4.69, 9.17) is 4.74 Å². The molecule has 0 atom stereocenters. The van der Waals surface area contributed by atoms with E-state index in [9.17, 15) is 14.3 Å². The maximum atomic E-state index is 13.7. The van der Waals surface area contributed by atoms with Crippen molar-refractivity contribution < 1.29 is 19.0 Å². The number of hydrogen-bond donors (Lipinski definition) is 1. The molecule has 0 radical (unpaired) electrons. The van der Waals surface area contributed by atoms with Gasteiger partial charge in [-0.15, -0.1) is 11.8 Å². The molecule has 0 aromatic heterocycles. The van der Waals surface area contributed by atoms with Gasteiger partial charge >= 0.3 is 6.09 Å². The van der Waals surface area contributed by atoms with Crippen molar-refractivity contribution in [2.75, 3.05) is 19.3 Å². The number of piperidine rings is 1. The fraction of sp³-hybridized carbons (Fsp3) is 0.588. The maximum Gasteiger partial charge on any atom is 0.410 e. The van der Waals surface area contributed by atoms with Crippen LogP contribution in [0.15, 0.2) is 23.1 Å². The molecule has 1 amide bonds. The normalized spacial score (nSPS) is 17.9. The third-order valence-electron chi connectivity index (χ3n) is 3.89. The zero-order valence-electron chi connectivity index (χ0n) is 14.1. The number of ether oxygens (including phenoxy) is 1. The first kappa shape index (κ1) is 18.1. The number of benzene rings is 1. The summed E-state index contributed by atoms with van der Waals surface area (Å²) in [6.07, 6.45) is 2.23. The lowest BCUT2D eigenvalue weighted by atomic mass is 9.84. The summed E-state index contributed by atoms with van der Waals surface area (Å²) in [6, 6.07) is 4.65. The minimum atomic E-state index is -1.11. The van der Waals surface area contributed by atoms with E-state index in [2.05, 4.69) is 0 Å². The largest absolute Gasteiger partial charge is 0.444 e. The van der Waals surface area contributed by atoms with Gasteiger partial charge in [-0.2, -0.15) is 0 Å². The van der Waals surface area contributed by atoms with Gasteiger partial charge in [0.2, 0.25) is 0 Å². The fourth-order valence-electron chi connectivity index (χ4n) is 2.62. The van der Waals surface area contributed by atoms with Gasteiger partial charge in [0, 0.05) is 18.0 Å². The lowest BCUT2D eigenvalue weighted by Gasteiger charge is -2.39. The Balaban J connectivity index is 2.08. The SMILES string of the molecule is CSc1cc(F)cc(C2(O)CCN(C(=O)OC(C)(C)C)CC2)c1. The summed E-state index contributed by atoms with van der Waals surface area (Å²) in [5.74, 6) is -0.352. The molecule has 128 valence electrons. The predicted octanol–water partition coefficient (Wildman–Crippen LogP) is 3.77. The average molecular weight is 341 g/mol. The molecule has 1 aliphatic heterocycles. The van der Waals surface area contributed by atoms with Crippen LogP contribution in [0.4, 0.5) is 9.18 Å². The van der Waals surface area contributed by atoms with Gasteiger partial charge in [-0.3, -0.25) is 0 Å². The van der Waals surface area contributed by atoms with Gasteiger partial charge in [0.05, 0.1) is 5.60 Å². The van der Waals surface area contributed by atoms with Crippen molar-refractivity contribution in [2.24, 2.45) is 0 Å². The monoisotopic (exact) mass is 341 g/mol. The van der Waals surface area contributed by atoms with Gasteiger partial charge in [0.1, 0.15) is 11.4 Å². The Morgan fingerprint density at radius 2 is 1.91 bits per heavy atom. The van der Waals surface area contributed by atoms with Gasteiger partial charge < -0.3 is 14.7 Å². The zero-order valence-corrected chi connectivity index (χ0v) is 14.9. The topological polar surface area (TPSA) is 49.8 Å². The number of halogens is 1. The summed E-state index contributed by atoms with van der Waals surface area (Å²) >= 11 is 1.44. The second kappa shape index (κ2) is 6.69. The van der Waals surface area contributed by atoms with Crippen LogP contribution in [0.3, 0.4) is 0 Å². The molecule has 0 saturated carbocycles. The van der Waals surface area contributed by atoms with E-state index in [0.29, 0.717) is 31.5 Å². The van der Waals surface area contributed by atoms with Crippen molar-refractivity contribution in [3.05, 3.63) is 29.6 Å². The summed E-state index contributed by atoms with van der Waals surface area (Å²) < 4.78 is 19.1. The predicted molar refractivity (Wildman–Crippen MR) is 89.1 cm³/mol. The van der Waals surface area contributed by atoms with Gasteiger partial charge in [-0.1, -0.05) is 0 Å². The minimum Gasteiger partial charge on any atom is -0.444 e. The quantitative estimate of drug-likeness (QED) is 0.832. The molecule has 6 heteroatoms. The summed E-state index contributed by atoms with van der Waals surface area (Å²) in [5.41, 5.74) is -1.07. The smallest absolute Gasteiger partial charge is 0.410 e. The number of aliphatic hydroxyl groups is 1. The first-order valence-electron chi connectivity index (χ1n) is 7.68. The molecule has 1 N–H and O–H groups in total. The van der Waals surface area contributed by atoms with Crippen LogP contribution >= 0.6 is 11.8 Å². The first-order chi connectivity index (χ1) is 10.6. The van der Waals surface area contributed by atoms with Gasteiger partial charge in [-0.25, -0.2) is 9.18 Å². The third kappa shape index (κ3) is 4.61.